The van der Waals surface area contributed by atoms with E-state index >= 15 is 0 Å². The number of hydrogen-bond donors (Lipinski definition) is 4. The number of aromatic hydroxyl groups is 2. The summed E-state index contributed by atoms with van der Waals surface area (Å²) < 4.78 is 0. The van der Waals surface area contributed by atoms with Crippen LogP contribution in [0, 0.1) is 12.8 Å². The van der Waals surface area contributed by atoms with E-state index in [0.29, 0.717) is 31.1 Å². The molecule has 0 amide bonds. The molecule has 0 spiro atoms. The Kier molecular flexibility index (Phi) is 22.1. The van der Waals surface area contributed by atoms with Gasteiger partial charge in [-0.15, -0.1) is 0 Å². The third-order valence-electron chi connectivity index (χ3n) is 8.44. The number of nitrogens with zero attached hydrogens (tertiary/aromatic N) is 3. The first kappa shape index (κ1) is 47.1. The summed E-state index contributed by atoms with van der Waals surface area (Å²) in [6.07, 6.45) is 2.04. The van der Waals surface area contributed by atoms with E-state index in [4.69, 9.17) is 0 Å². The van der Waals surface area contributed by atoms with Crippen molar-refractivity contribution in [2.75, 3.05) is 63.4 Å². The Balaban J connectivity index is 0.00000213. The topological polar surface area (TPSA) is 74.2 Å². The van der Waals surface area contributed by atoms with Crippen LogP contribution in [0.25, 0.3) is 0 Å². The quantitative estimate of drug-likeness (QED) is 0.135. The van der Waals surface area contributed by atoms with Crippen LogP contribution < -0.4 is 10.6 Å². The van der Waals surface area contributed by atoms with E-state index in [1.807, 2.05) is 63.2 Å². The van der Waals surface area contributed by atoms with E-state index in [0.717, 1.165) is 52.3 Å². The summed E-state index contributed by atoms with van der Waals surface area (Å²) in [7, 11) is 18.0. The van der Waals surface area contributed by atoms with E-state index in [9.17, 15) is 10.2 Å². The molecule has 284 valence electrons. The van der Waals surface area contributed by atoms with Crippen LogP contribution in [0.5, 0.6) is 11.5 Å². The van der Waals surface area contributed by atoms with Gasteiger partial charge in [0.25, 0.3) is 0 Å². The predicted molar refractivity (Wildman–Crippen MR) is 219 cm³/mol. The van der Waals surface area contributed by atoms with E-state index < -0.39 is 5.41 Å². The van der Waals surface area contributed by atoms with Gasteiger partial charge in [0.2, 0.25) is 0 Å². The van der Waals surface area contributed by atoms with Gasteiger partial charge in [0.1, 0.15) is 11.5 Å². The molecular formula is C43H75N5O2. The van der Waals surface area contributed by atoms with Crippen LogP contribution in [0.15, 0.2) is 42.5 Å². The molecule has 0 aliphatic heterocycles. The Morgan fingerprint density at radius 1 is 0.640 bits per heavy atom. The van der Waals surface area contributed by atoms with Crippen molar-refractivity contribution in [2.45, 2.75) is 99.8 Å². The minimum atomic E-state index is -0.539. The molecule has 0 saturated carbocycles. The molecule has 7 nitrogen and oxygen atoms in total. The van der Waals surface area contributed by atoms with Gasteiger partial charge in [0.15, 0.2) is 0 Å². The first-order chi connectivity index (χ1) is 23.5. The molecule has 3 aromatic carbocycles. The summed E-state index contributed by atoms with van der Waals surface area (Å²) in [4.78, 5) is 6.38. The monoisotopic (exact) mass is 694 g/mol. The van der Waals surface area contributed by atoms with Crippen LogP contribution in [0.1, 0.15) is 105 Å². The molecule has 1 unspecified atom stereocenters. The van der Waals surface area contributed by atoms with Crippen LogP contribution in [0.2, 0.25) is 0 Å². The van der Waals surface area contributed by atoms with Crippen molar-refractivity contribution < 1.29 is 10.2 Å². The van der Waals surface area contributed by atoms with Gasteiger partial charge in [-0.25, -0.2) is 0 Å². The Morgan fingerprint density at radius 2 is 1.02 bits per heavy atom. The molecule has 0 heterocycles. The van der Waals surface area contributed by atoms with E-state index in [-0.39, 0.29) is 0 Å². The summed E-state index contributed by atoms with van der Waals surface area (Å²) >= 11 is 0. The number of rotatable bonds is 13. The molecular weight excluding hydrogens is 619 g/mol. The van der Waals surface area contributed by atoms with Gasteiger partial charge in [-0.1, -0.05) is 77.8 Å². The maximum atomic E-state index is 11.2. The lowest BCUT2D eigenvalue weighted by Gasteiger charge is -2.35. The second kappa shape index (κ2) is 23.5. The lowest BCUT2D eigenvalue weighted by Crippen LogP contribution is -2.28. The summed E-state index contributed by atoms with van der Waals surface area (Å²) in [6, 6.07) is 15.6. The Labute approximate surface area is 308 Å². The molecule has 4 N–H and O–H groups in total. The fourth-order valence-electron chi connectivity index (χ4n) is 5.72. The number of hydrogen-bond acceptors (Lipinski definition) is 7. The van der Waals surface area contributed by atoms with Crippen molar-refractivity contribution >= 4 is 0 Å². The van der Waals surface area contributed by atoms with Crippen molar-refractivity contribution in [3.05, 3.63) is 92.5 Å². The normalized spacial score (nSPS) is 12.2. The largest absolute Gasteiger partial charge is 0.507 e. The third-order valence-corrected chi connectivity index (χ3v) is 8.44. The molecule has 1 atom stereocenters. The molecule has 7 heteroatoms. The minimum Gasteiger partial charge on any atom is -0.507 e. The SMILES string of the molecule is CC.CCC(C)C.CCc1cc(C(C)(c2cc(C)cc(CN(C)C)c2)c2cc(CNC)c(O)c(CN(C)C)c2)cc(CN(C)C)c1O.CNC. The molecule has 0 bridgehead atoms. The molecule has 0 aliphatic carbocycles. The minimum absolute atomic E-state index is 0.347. The summed E-state index contributed by atoms with van der Waals surface area (Å²) in [5, 5.41) is 28.4. The zero-order chi connectivity index (χ0) is 38.8. The highest BCUT2D eigenvalue weighted by Crippen LogP contribution is 2.44. The average molecular weight is 694 g/mol. The van der Waals surface area contributed by atoms with Crippen LogP contribution in [-0.2, 0) is 38.0 Å². The number of nitrogens with one attached hydrogen (secondary N) is 2. The van der Waals surface area contributed by atoms with Crippen LogP contribution >= 0.6 is 0 Å². The Hall–Kier alpha value is -2.94. The van der Waals surface area contributed by atoms with Crippen molar-refractivity contribution in [2.24, 2.45) is 5.92 Å². The molecule has 50 heavy (non-hydrogen) atoms. The average Bonchev–Trinajstić information content (AvgIpc) is 3.04. The highest BCUT2D eigenvalue weighted by molar-refractivity contribution is 5.58. The van der Waals surface area contributed by atoms with Crippen molar-refractivity contribution in [1.29, 1.82) is 0 Å². The van der Waals surface area contributed by atoms with Crippen LogP contribution in [-0.4, -0.2) is 88.3 Å². The van der Waals surface area contributed by atoms with Crippen LogP contribution in [0.4, 0.5) is 0 Å². The van der Waals surface area contributed by atoms with Crippen LogP contribution in [0.3, 0.4) is 0 Å². The van der Waals surface area contributed by atoms with Gasteiger partial charge in [-0.3, -0.25) is 0 Å². The Bertz CT molecular complexity index is 1400. The molecule has 0 aliphatic rings. The number of aryl methyl sites for hydroxylation is 2. The van der Waals surface area contributed by atoms with Gasteiger partial charge in [-0.2, -0.15) is 0 Å². The lowest BCUT2D eigenvalue weighted by atomic mass is 9.69. The molecule has 0 aromatic heterocycles. The van der Waals surface area contributed by atoms with E-state index in [1.54, 1.807) is 0 Å². The first-order valence-corrected chi connectivity index (χ1v) is 18.5. The second-order valence-corrected chi connectivity index (χ2v) is 14.5. The van der Waals surface area contributed by atoms with Gasteiger partial charge < -0.3 is 35.5 Å². The fourth-order valence-corrected chi connectivity index (χ4v) is 5.72. The van der Waals surface area contributed by atoms with Gasteiger partial charge >= 0.3 is 0 Å². The van der Waals surface area contributed by atoms with Gasteiger partial charge in [0.05, 0.1) is 0 Å². The van der Waals surface area contributed by atoms with Gasteiger partial charge in [-0.05, 0) is 136 Å². The van der Waals surface area contributed by atoms with E-state index in [1.165, 1.54) is 23.1 Å². The van der Waals surface area contributed by atoms with E-state index in [2.05, 4.69) is 123 Å². The molecule has 0 radical (unpaired) electrons. The zero-order valence-electron chi connectivity index (χ0n) is 35.1. The summed E-state index contributed by atoms with van der Waals surface area (Å²) in [5.41, 5.74) is 9.06. The molecule has 3 aromatic rings. The van der Waals surface area contributed by atoms with Gasteiger partial charge in [0, 0.05) is 48.3 Å². The smallest absolute Gasteiger partial charge is 0.124 e. The molecule has 0 saturated heterocycles. The van der Waals surface area contributed by atoms with Crippen molar-refractivity contribution in [3.8, 4) is 11.5 Å². The second-order valence-electron chi connectivity index (χ2n) is 14.5. The number of phenols is 2. The molecule has 3 rings (SSSR count). The standard InChI is InChI=1S/C34H50N4O2.C5H12.C2H7N.C2H6/c1-11-25-15-30(17-27(32(25)39)21-37(7)8)34(3,29-13-23(2)12-24(14-29)20-36(5)6)31-16-26(19-35-4)33(40)28(18-31)22-38(9)10;1-4-5(2)3;1-3-2;1-2/h12-18,35,39-40H,11,19-22H2,1-10H3;5H,4H2,1-3H3;3H,1-2H3;1-2H3. The Morgan fingerprint density at radius 3 is 1.40 bits per heavy atom. The number of benzene rings is 3. The summed E-state index contributed by atoms with van der Waals surface area (Å²) in [6.45, 7) is 19.9. The summed E-state index contributed by atoms with van der Waals surface area (Å²) in [5.74, 6) is 1.62. The highest BCUT2D eigenvalue weighted by atomic mass is 16.3. The predicted octanol–water partition coefficient (Wildman–Crippen LogP) is 8.14. The first-order valence-electron chi connectivity index (χ1n) is 18.5. The maximum absolute atomic E-state index is 11.2. The lowest BCUT2D eigenvalue weighted by molar-refractivity contribution is 0.382. The highest BCUT2D eigenvalue weighted by Gasteiger charge is 2.34. The number of phenolic OH excluding ortho intramolecular Hbond substituents is 2. The van der Waals surface area contributed by atoms with Crippen molar-refractivity contribution in [3.63, 3.8) is 0 Å². The third kappa shape index (κ3) is 14.4. The molecule has 0 fully saturated rings. The van der Waals surface area contributed by atoms with Crippen molar-refractivity contribution in [1.82, 2.24) is 25.3 Å². The maximum Gasteiger partial charge on any atom is 0.124 e. The fraction of sp³-hybridized carbons (Fsp3) is 0.581. The zero-order valence-corrected chi connectivity index (χ0v) is 35.1.